The molecule has 0 N–H and O–H groups in total. The molecule has 150 valence electrons. The maximum atomic E-state index is 13.0. The van der Waals surface area contributed by atoms with E-state index >= 15 is 0 Å². The van der Waals surface area contributed by atoms with E-state index in [1.807, 2.05) is 24.3 Å². The van der Waals surface area contributed by atoms with Crippen molar-refractivity contribution >= 4 is 23.0 Å². The van der Waals surface area contributed by atoms with Gasteiger partial charge in [-0.15, -0.1) is 0 Å². The number of benzene rings is 2. The number of amides is 1. The Bertz CT molecular complexity index is 1050. The number of nitrogens with zero attached hydrogens (tertiary/aromatic N) is 3. The standard InChI is InChI=1S/C22H20F3N3O/c1-3-28(15(2)16-7-6-8-17(13-16)22(23,24)25)21(29)12-11-18-14-26-19-9-4-5-10-20(19)27-18/h4-15H,3H2,1-2H3/b12-11+. The highest BCUT2D eigenvalue weighted by Crippen LogP contribution is 2.32. The van der Waals surface area contributed by atoms with Crippen LogP contribution in [0.15, 0.2) is 60.8 Å². The summed E-state index contributed by atoms with van der Waals surface area (Å²) in [5.41, 5.74) is 1.69. The van der Waals surface area contributed by atoms with Crippen molar-refractivity contribution in [3.05, 3.63) is 77.6 Å². The number of hydrogen-bond donors (Lipinski definition) is 0. The van der Waals surface area contributed by atoms with Crippen LogP contribution in [0.2, 0.25) is 0 Å². The Hall–Kier alpha value is -3.22. The van der Waals surface area contributed by atoms with Crippen LogP contribution in [-0.4, -0.2) is 27.3 Å². The summed E-state index contributed by atoms with van der Waals surface area (Å²) >= 11 is 0. The Labute approximate surface area is 166 Å². The Balaban J connectivity index is 1.79. The number of aromatic nitrogens is 2. The van der Waals surface area contributed by atoms with Gasteiger partial charge in [-0.2, -0.15) is 13.2 Å². The van der Waals surface area contributed by atoms with E-state index in [1.54, 1.807) is 32.2 Å². The van der Waals surface area contributed by atoms with E-state index in [4.69, 9.17) is 0 Å². The van der Waals surface area contributed by atoms with Crippen LogP contribution in [0, 0.1) is 0 Å². The molecule has 0 fully saturated rings. The van der Waals surface area contributed by atoms with Gasteiger partial charge in [0.1, 0.15) is 0 Å². The van der Waals surface area contributed by atoms with Gasteiger partial charge in [0.25, 0.3) is 0 Å². The summed E-state index contributed by atoms with van der Waals surface area (Å²) in [4.78, 5) is 22.9. The molecule has 0 aliphatic carbocycles. The Morgan fingerprint density at radius 2 is 1.86 bits per heavy atom. The number of rotatable bonds is 5. The zero-order valence-corrected chi connectivity index (χ0v) is 16.0. The van der Waals surface area contributed by atoms with E-state index in [2.05, 4.69) is 9.97 Å². The minimum atomic E-state index is -4.43. The van der Waals surface area contributed by atoms with Gasteiger partial charge in [-0.1, -0.05) is 24.3 Å². The van der Waals surface area contributed by atoms with Crippen LogP contribution < -0.4 is 0 Å². The second-order valence-corrected chi connectivity index (χ2v) is 6.54. The van der Waals surface area contributed by atoms with Crippen LogP contribution in [0.4, 0.5) is 13.2 Å². The Morgan fingerprint density at radius 1 is 1.14 bits per heavy atom. The Morgan fingerprint density at radius 3 is 2.55 bits per heavy atom. The smallest absolute Gasteiger partial charge is 0.333 e. The minimum Gasteiger partial charge on any atom is -0.333 e. The van der Waals surface area contributed by atoms with Gasteiger partial charge >= 0.3 is 6.18 Å². The van der Waals surface area contributed by atoms with E-state index in [0.717, 1.165) is 17.6 Å². The topological polar surface area (TPSA) is 46.1 Å². The molecule has 0 aliphatic rings. The minimum absolute atomic E-state index is 0.313. The summed E-state index contributed by atoms with van der Waals surface area (Å²) in [5, 5.41) is 0. The largest absolute Gasteiger partial charge is 0.416 e. The molecule has 1 aromatic heterocycles. The van der Waals surface area contributed by atoms with Gasteiger partial charge in [-0.25, -0.2) is 4.98 Å². The van der Waals surface area contributed by atoms with Gasteiger partial charge in [-0.05, 0) is 49.8 Å². The van der Waals surface area contributed by atoms with Crippen molar-refractivity contribution in [1.29, 1.82) is 0 Å². The number of hydrogen-bond acceptors (Lipinski definition) is 3. The van der Waals surface area contributed by atoms with Gasteiger partial charge in [0.2, 0.25) is 5.91 Å². The molecule has 0 spiro atoms. The third-order valence-corrected chi connectivity index (χ3v) is 4.65. The van der Waals surface area contributed by atoms with Gasteiger partial charge in [-0.3, -0.25) is 9.78 Å². The summed E-state index contributed by atoms with van der Waals surface area (Å²) < 4.78 is 39.0. The summed E-state index contributed by atoms with van der Waals surface area (Å²) in [5.74, 6) is -0.313. The molecule has 4 nitrogen and oxygen atoms in total. The molecule has 3 aromatic rings. The highest BCUT2D eigenvalue weighted by molar-refractivity contribution is 5.92. The van der Waals surface area contributed by atoms with Gasteiger partial charge in [0, 0.05) is 12.6 Å². The van der Waals surface area contributed by atoms with Crippen molar-refractivity contribution in [2.45, 2.75) is 26.1 Å². The van der Waals surface area contributed by atoms with Crippen molar-refractivity contribution in [1.82, 2.24) is 14.9 Å². The normalized spacial score (nSPS) is 13.0. The third kappa shape index (κ3) is 4.80. The average molecular weight is 399 g/mol. The molecule has 2 aromatic carbocycles. The molecule has 0 saturated heterocycles. The molecule has 1 atom stereocenters. The monoisotopic (exact) mass is 399 g/mol. The number of carbonyl (C=O) groups is 1. The second kappa shape index (κ2) is 8.43. The van der Waals surface area contributed by atoms with Crippen molar-refractivity contribution in [3.63, 3.8) is 0 Å². The van der Waals surface area contributed by atoms with E-state index < -0.39 is 17.8 Å². The summed E-state index contributed by atoms with van der Waals surface area (Å²) in [6.45, 7) is 3.84. The fraction of sp³-hybridized carbons (Fsp3) is 0.227. The van der Waals surface area contributed by atoms with E-state index in [1.165, 1.54) is 17.0 Å². The number of carbonyl (C=O) groups excluding carboxylic acids is 1. The molecule has 1 heterocycles. The number of alkyl halides is 3. The lowest BCUT2D eigenvalue weighted by Gasteiger charge is -2.28. The van der Waals surface area contributed by atoms with Crippen molar-refractivity contribution in [3.8, 4) is 0 Å². The molecule has 7 heteroatoms. The molecule has 0 radical (unpaired) electrons. The van der Waals surface area contributed by atoms with Crippen molar-refractivity contribution in [2.75, 3.05) is 6.54 Å². The predicted octanol–water partition coefficient (Wildman–Crippen LogP) is 5.27. The molecule has 0 bridgehead atoms. The number of fused-ring (bicyclic) bond motifs is 1. The zero-order valence-electron chi connectivity index (χ0n) is 16.0. The van der Waals surface area contributed by atoms with E-state index in [9.17, 15) is 18.0 Å². The van der Waals surface area contributed by atoms with Crippen molar-refractivity contribution < 1.29 is 18.0 Å². The molecule has 1 unspecified atom stereocenters. The summed E-state index contributed by atoms with van der Waals surface area (Å²) in [7, 11) is 0. The average Bonchev–Trinajstić information content (AvgIpc) is 2.72. The highest BCUT2D eigenvalue weighted by Gasteiger charge is 2.31. The van der Waals surface area contributed by atoms with E-state index in [0.29, 0.717) is 23.3 Å². The predicted molar refractivity (Wildman–Crippen MR) is 106 cm³/mol. The van der Waals surface area contributed by atoms with Gasteiger partial charge in [0.15, 0.2) is 0 Å². The fourth-order valence-electron chi connectivity index (χ4n) is 3.08. The fourth-order valence-corrected chi connectivity index (χ4v) is 3.08. The summed E-state index contributed by atoms with van der Waals surface area (Å²) in [6.07, 6.45) is 0.0692. The maximum absolute atomic E-state index is 13.0. The third-order valence-electron chi connectivity index (χ3n) is 4.65. The van der Waals surface area contributed by atoms with Crippen LogP contribution >= 0.6 is 0 Å². The van der Waals surface area contributed by atoms with Gasteiger partial charge in [0.05, 0.1) is 34.5 Å². The molecular weight excluding hydrogens is 379 g/mol. The lowest BCUT2D eigenvalue weighted by atomic mass is 10.0. The first kappa shape index (κ1) is 20.5. The highest BCUT2D eigenvalue weighted by atomic mass is 19.4. The first-order valence-corrected chi connectivity index (χ1v) is 9.17. The van der Waals surface area contributed by atoms with Crippen LogP contribution in [0.5, 0.6) is 0 Å². The lowest BCUT2D eigenvalue weighted by molar-refractivity contribution is -0.137. The summed E-state index contributed by atoms with van der Waals surface area (Å²) in [6, 6.07) is 11.9. The number of para-hydroxylation sites is 2. The molecule has 29 heavy (non-hydrogen) atoms. The molecule has 0 saturated carbocycles. The molecule has 3 rings (SSSR count). The lowest BCUT2D eigenvalue weighted by Crippen LogP contribution is -2.32. The maximum Gasteiger partial charge on any atom is 0.416 e. The number of likely N-dealkylation sites (N-methyl/N-ethyl adjacent to an activating group) is 1. The zero-order chi connectivity index (χ0) is 21.0. The molecular formula is C22H20F3N3O. The van der Waals surface area contributed by atoms with Gasteiger partial charge < -0.3 is 4.90 Å². The second-order valence-electron chi connectivity index (χ2n) is 6.54. The van der Waals surface area contributed by atoms with E-state index in [-0.39, 0.29) is 5.91 Å². The van der Waals surface area contributed by atoms with Crippen LogP contribution in [0.3, 0.4) is 0 Å². The first-order valence-electron chi connectivity index (χ1n) is 9.17. The molecule has 0 aliphatic heterocycles. The van der Waals surface area contributed by atoms with Crippen LogP contribution in [-0.2, 0) is 11.0 Å². The Kier molecular flexibility index (Phi) is 5.96. The number of halogens is 3. The quantitative estimate of drug-likeness (QED) is 0.549. The molecule has 1 amide bonds. The van der Waals surface area contributed by atoms with Crippen molar-refractivity contribution in [2.24, 2.45) is 0 Å². The van der Waals surface area contributed by atoms with Crippen LogP contribution in [0.25, 0.3) is 17.1 Å². The first-order chi connectivity index (χ1) is 13.8. The SMILES string of the molecule is CCN(C(=O)/C=C/c1cnc2ccccc2n1)C(C)c1cccc(C(F)(F)F)c1. The van der Waals surface area contributed by atoms with Crippen LogP contribution in [0.1, 0.15) is 36.7 Å².